The highest BCUT2D eigenvalue weighted by Gasteiger charge is 2.38. The first-order valence-electron chi connectivity index (χ1n) is 10.3. The summed E-state index contributed by atoms with van der Waals surface area (Å²) in [6, 6.07) is 9.47. The van der Waals surface area contributed by atoms with Crippen molar-refractivity contribution in [3.8, 4) is 11.5 Å². The largest absolute Gasteiger partial charge is 0.507 e. The fourth-order valence-electron chi connectivity index (χ4n) is 2.72. The number of nitrogens with two attached hydrogens (primary N) is 1. The molecule has 0 amide bonds. The number of alkyl halides is 3. The minimum Gasteiger partial charge on any atom is -0.507 e. The van der Waals surface area contributed by atoms with E-state index in [-0.39, 0.29) is 5.75 Å². The molecular weight excluding hydrogens is 795 g/mol. The smallest absolute Gasteiger partial charge is 0.490 e. The van der Waals surface area contributed by atoms with Crippen LogP contribution in [0.2, 0.25) is 0 Å². The molecule has 0 saturated carbocycles. The third-order valence-electron chi connectivity index (χ3n) is 4.32. The summed E-state index contributed by atoms with van der Waals surface area (Å²) in [4.78, 5) is 31.3. The summed E-state index contributed by atoms with van der Waals surface area (Å²) in [5.74, 6) is -2.33. The van der Waals surface area contributed by atoms with E-state index in [1.165, 1.54) is 6.07 Å². The second kappa shape index (κ2) is 14.3. The van der Waals surface area contributed by atoms with Crippen LogP contribution in [-0.4, -0.2) is 35.5 Å². The van der Waals surface area contributed by atoms with Gasteiger partial charge < -0.3 is 29.5 Å². The summed E-state index contributed by atoms with van der Waals surface area (Å²) in [5.41, 5.74) is 5.23. The summed E-state index contributed by atoms with van der Waals surface area (Å²) in [6.07, 6.45) is -4.35. The van der Waals surface area contributed by atoms with Crippen molar-refractivity contribution in [2.24, 2.45) is 5.73 Å². The monoisotopic (exact) mass is 807 g/mol. The van der Waals surface area contributed by atoms with Crippen LogP contribution in [0.1, 0.15) is 6.42 Å². The molecule has 0 radical (unpaired) electrons. The normalized spacial score (nSPS) is 10.9. The number of fused-ring (bicyclic) bond motifs is 2. The molecule has 0 aliphatic rings. The van der Waals surface area contributed by atoms with Crippen molar-refractivity contribution in [3.63, 3.8) is 0 Å². The molecule has 2 aromatic carbocycles. The topological polar surface area (TPSA) is 153 Å². The van der Waals surface area contributed by atoms with Gasteiger partial charge in [-0.1, -0.05) is 31.9 Å². The molecule has 0 aliphatic carbocycles. The van der Waals surface area contributed by atoms with Gasteiger partial charge in [-0.05, 0) is 69.1 Å². The van der Waals surface area contributed by atoms with Crippen molar-refractivity contribution in [1.29, 1.82) is 0 Å². The number of hydrogen-bond acceptors (Lipinski definition) is 8. The first-order valence-corrected chi connectivity index (χ1v) is 13.5. The molecule has 16 heteroatoms. The van der Waals surface area contributed by atoms with E-state index in [0.717, 1.165) is 26.8 Å². The number of carboxylic acid groups (broad SMARTS) is 1. The predicted octanol–water partition coefficient (Wildman–Crippen LogP) is 6.70. The maximum atomic E-state index is 11.5. The Balaban J connectivity index is 0.000000226. The van der Waals surface area contributed by atoms with Gasteiger partial charge in [-0.15, -0.1) is 0 Å². The van der Waals surface area contributed by atoms with Crippen molar-refractivity contribution in [2.45, 2.75) is 12.6 Å². The van der Waals surface area contributed by atoms with E-state index >= 15 is 0 Å². The van der Waals surface area contributed by atoms with Crippen molar-refractivity contribution < 1.29 is 41.8 Å². The van der Waals surface area contributed by atoms with Crippen molar-refractivity contribution in [1.82, 2.24) is 0 Å². The van der Waals surface area contributed by atoms with Gasteiger partial charge >= 0.3 is 23.4 Å². The summed E-state index contributed by atoms with van der Waals surface area (Å²) in [5, 5.41) is 17.9. The maximum absolute atomic E-state index is 11.5. The van der Waals surface area contributed by atoms with Gasteiger partial charge in [-0.3, -0.25) is 0 Å². The first-order chi connectivity index (χ1) is 18.1. The standard InChI is InChI=1S/C12H11Br2NO3.C9H4Br2O3.C2HF3O2/c13-7-4-8-10(17-3-1-2-15)6-11(16)18-12(8)9(14)5-7;10-4-1-5-7(12)3-8(13)14-9(5)6(11)2-4;3-2(4,5)1(6)7/h4-6H,1-3,15H2;1-3,12H;(H,6,7). The van der Waals surface area contributed by atoms with Crippen molar-refractivity contribution >= 4 is 91.6 Å². The van der Waals surface area contributed by atoms with E-state index < -0.39 is 23.4 Å². The Morgan fingerprint density at radius 2 is 1.33 bits per heavy atom. The number of aliphatic carboxylic acids is 1. The van der Waals surface area contributed by atoms with E-state index in [0.29, 0.717) is 44.4 Å². The number of carbonyl (C=O) groups is 1. The molecule has 0 unspecified atom stereocenters. The van der Waals surface area contributed by atoms with E-state index in [1.807, 2.05) is 12.1 Å². The molecule has 210 valence electrons. The van der Waals surface area contributed by atoms with Crippen molar-refractivity contribution in [2.75, 3.05) is 13.2 Å². The van der Waals surface area contributed by atoms with Crippen LogP contribution in [0.15, 0.2) is 72.7 Å². The van der Waals surface area contributed by atoms with E-state index in [2.05, 4.69) is 63.7 Å². The van der Waals surface area contributed by atoms with Gasteiger partial charge in [0, 0.05) is 8.95 Å². The Morgan fingerprint density at radius 1 is 0.872 bits per heavy atom. The molecule has 0 saturated heterocycles. The Hall–Kier alpha value is -2.40. The van der Waals surface area contributed by atoms with Gasteiger partial charge in [-0.2, -0.15) is 13.2 Å². The molecule has 2 heterocycles. The predicted molar refractivity (Wildman–Crippen MR) is 150 cm³/mol. The minimum atomic E-state index is -5.08. The molecule has 4 aromatic rings. The molecule has 4 N–H and O–H groups in total. The number of benzene rings is 2. The Labute approximate surface area is 250 Å². The lowest BCUT2D eigenvalue weighted by atomic mass is 10.2. The zero-order valence-electron chi connectivity index (χ0n) is 19.2. The van der Waals surface area contributed by atoms with E-state index in [9.17, 15) is 27.9 Å². The Kier molecular flexibility index (Phi) is 12.0. The second-order valence-electron chi connectivity index (χ2n) is 7.20. The average Bonchev–Trinajstić information content (AvgIpc) is 2.81. The van der Waals surface area contributed by atoms with Gasteiger partial charge in [-0.25, -0.2) is 14.4 Å². The quantitative estimate of drug-likeness (QED) is 0.151. The minimum absolute atomic E-state index is 0.0850. The number of aromatic hydroxyl groups is 1. The Bertz CT molecular complexity index is 1610. The Morgan fingerprint density at radius 3 is 1.82 bits per heavy atom. The third-order valence-corrected chi connectivity index (χ3v) is 6.41. The molecular formula is C23H16Br4F3NO8. The van der Waals surface area contributed by atoms with Gasteiger partial charge in [0.25, 0.3) is 0 Å². The lowest BCUT2D eigenvalue weighted by Gasteiger charge is -2.09. The van der Waals surface area contributed by atoms with Crippen LogP contribution in [0.25, 0.3) is 21.9 Å². The second-order valence-corrected chi connectivity index (χ2v) is 10.7. The van der Waals surface area contributed by atoms with Gasteiger partial charge in [0.1, 0.15) is 11.5 Å². The van der Waals surface area contributed by atoms with Gasteiger partial charge in [0.15, 0.2) is 11.2 Å². The number of hydrogen-bond donors (Lipinski definition) is 3. The maximum Gasteiger partial charge on any atom is 0.490 e. The fourth-order valence-corrected chi connectivity index (χ4v) is 5.33. The molecule has 0 aliphatic heterocycles. The van der Waals surface area contributed by atoms with Crippen LogP contribution >= 0.6 is 63.7 Å². The summed E-state index contributed by atoms with van der Waals surface area (Å²) < 4.78 is 50.4. The molecule has 4 rings (SSSR count). The molecule has 0 spiro atoms. The zero-order valence-corrected chi connectivity index (χ0v) is 25.5. The number of carboxylic acids is 1. The average molecular weight is 811 g/mol. The van der Waals surface area contributed by atoms with E-state index in [4.69, 9.17) is 29.2 Å². The van der Waals surface area contributed by atoms with E-state index in [1.54, 1.807) is 12.1 Å². The van der Waals surface area contributed by atoms with Gasteiger partial charge in [0.2, 0.25) is 0 Å². The first kappa shape index (κ1) is 32.8. The van der Waals surface area contributed by atoms with Crippen LogP contribution in [0.5, 0.6) is 11.5 Å². The third kappa shape index (κ3) is 9.63. The molecule has 0 atom stereocenters. The lowest BCUT2D eigenvalue weighted by Crippen LogP contribution is -2.21. The fraction of sp³-hybridized carbons (Fsp3) is 0.174. The zero-order chi connectivity index (χ0) is 29.5. The van der Waals surface area contributed by atoms with Crippen LogP contribution < -0.4 is 21.7 Å². The van der Waals surface area contributed by atoms with Gasteiger partial charge in [0.05, 0.1) is 38.5 Å². The van der Waals surface area contributed by atoms with Crippen LogP contribution in [0, 0.1) is 0 Å². The number of ether oxygens (including phenoxy) is 1. The van der Waals surface area contributed by atoms with Crippen molar-refractivity contribution in [3.05, 3.63) is 75.1 Å². The van der Waals surface area contributed by atoms with Crippen LogP contribution in [-0.2, 0) is 4.79 Å². The number of rotatable bonds is 4. The number of halogens is 7. The molecule has 39 heavy (non-hydrogen) atoms. The highest BCUT2D eigenvalue weighted by molar-refractivity contribution is 9.11. The van der Waals surface area contributed by atoms with Crippen LogP contribution in [0.3, 0.4) is 0 Å². The molecule has 9 nitrogen and oxygen atoms in total. The molecule has 0 bridgehead atoms. The summed E-state index contributed by atoms with van der Waals surface area (Å²) >= 11 is 13.3. The molecule has 0 fully saturated rings. The summed E-state index contributed by atoms with van der Waals surface area (Å²) in [6.45, 7) is 1.02. The summed E-state index contributed by atoms with van der Waals surface area (Å²) in [7, 11) is 0. The SMILES string of the molecule is NCCCOc1cc(=O)oc2c(Br)cc(Br)cc12.O=C(O)C(F)(F)F.O=c1cc(O)c2cc(Br)cc(Br)c2o1. The highest BCUT2D eigenvalue weighted by Crippen LogP contribution is 2.33. The lowest BCUT2D eigenvalue weighted by molar-refractivity contribution is -0.192. The molecule has 2 aromatic heterocycles. The van der Waals surface area contributed by atoms with Crippen LogP contribution in [0.4, 0.5) is 13.2 Å². The highest BCUT2D eigenvalue weighted by atomic mass is 79.9.